The van der Waals surface area contributed by atoms with Crippen LogP contribution in [0.3, 0.4) is 0 Å². The fraction of sp³-hybridized carbons (Fsp3) is 0.529. The highest BCUT2D eigenvalue weighted by Crippen LogP contribution is 2.33. The largest absolute Gasteiger partial charge is 0.393 e. The molecule has 2 fully saturated rings. The van der Waals surface area contributed by atoms with Crippen LogP contribution in [0, 0.1) is 0 Å². The van der Waals surface area contributed by atoms with Crippen LogP contribution in [-0.4, -0.2) is 11.9 Å². The highest BCUT2D eigenvalue weighted by Gasteiger charge is 2.34. The summed E-state index contributed by atoms with van der Waals surface area (Å²) in [6, 6.07) is 8.23. The van der Waals surface area contributed by atoms with E-state index in [4.69, 9.17) is 0 Å². The average molecular weight is 272 g/mol. The highest BCUT2D eigenvalue weighted by atomic mass is 16.6. The first-order valence-corrected chi connectivity index (χ1v) is 7.58. The molecule has 1 aromatic rings. The molecule has 20 heavy (non-hydrogen) atoms. The fourth-order valence-electron chi connectivity index (χ4n) is 3.34. The monoisotopic (exact) mass is 272 g/mol. The number of ether oxygens (including phenoxy) is 1. The van der Waals surface area contributed by atoms with Crippen molar-refractivity contribution in [3.8, 4) is 0 Å². The van der Waals surface area contributed by atoms with Gasteiger partial charge in [-0.05, 0) is 29.9 Å². The Bertz CT molecular complexity index is 495. The third-order valence-electron chi connectivity index (χ3n) is 4.54. The second kappa shape index (κ2) is 5.78. The predicted molar refractivity (Wildman–Crippen MR) is 75.3 cm³/mol. The van der Waals surface area contributed by atoms with Crippen molar-refractivity contribution < 1.29 is 14.3 Å². The van der Waals surface area contributed by atoms with Crippen LogP contribution in [0.2, 0.25) is 0 Å². The van der Waals surface area contributed by atoms with Gasteiger partial charge in [-0.15, -0.1) is 0 Å². The molecule has 1 aromatic carbocycles. The minimum atomic E-state index is -0.409. The Kier molecular flexibility index (Phi) is 3.86. The van der Waals surface area contributed by atoms with Gasteiger partial charge in [0.15, 0.2) is 0 Å². The molecule has 0 aromatic heterocycles. The van der Waals surface area contributed by atoms with E-state index in [1.54, 1.807) is 0 Å². The maximum absolute atomic E-state index is 11.6. The lowest BCUT2D eigenvalue weighted by Crippen LogP contribution is -2.06. The minimum absolute atomic E-state index is 0.182. The summed E-state index contributed by atoms with van der Waals surface area (Å²) in [5.74, 6) is -0.556. The summed E-state index contributed by atoms with van der Waals surface area (Å²) in [6.45, 7) is 0. The molecule has 1 aliphatic carbocycles. The van der Waals surface area contributed by atoms with Crippen molar-refractivity contribution in [2.24, 2.45) is 0 Å². The Hall–Kier alpha value is -1.64. The van der Waals surface area contributed by atoms with Crippen LogP contribution in [0.1, 0.15) is 67.9 Å². The SMILES string of the molecule is O=C1C[C@H](c2ccc(C3CCCCCC3)cc2)C(=O)O1. The lowest BCUT2D eigenvalue weighted by molar-refractivity contribution is -0.152. The molecule has 0 amide bonds. The molecule has 0 radical (unpaired) electrons. The Morgan fingerprint density at radius 3 is 2.00 bits per heavy atom. The van der Waals surface area contributed by atoms with E-state index in [1.165, 1.54) is 44.1 Å². The molecule has 0 spiro atoms. The van der Waals surface area contributed by atoms with Crippen LogP contribution < -0.4 is 0 Å². The quantitative estimate of drug-likeness (QED) is 0.468. The summed E-state index contributed by atoms with van der Waals surface area (Å²) in [5, 5.41) is 0. The normalized spacial score (nSPS) is 24.5. The second-order valence-corrected chi connectivity index (χ2v) is 5.90. The van der Waals surface area contributed by atoms with Gasteiger partial charge in [-0.25, -0.2) is 0 Å². The smallest absolute Gasteiger partial charge is 0.321 e. The summed E-state index contributed by atoms with van der Waals surface area (Å²) in [5.41, 5.74) is 2.27. The van der Waals surface area contributed by atoms with Gasteiger partial charge in [-0.2, -0.15) is 0 Å². The Balaban J connectivity index is 1.74. The molecule has 0 N–H and O–H groups in total. The molecule has 2 aliphatic rings. The number of rotatable bonds is 2. The van der Waals surface area contributed by atoms with Crippen molar-refractivity contribution in [3.63, 3.8) is 0 Å². The number of carbonyl (C=O) groups excluding carboxylic acids is 2. The summed E-state index contributed by atoms with van der Waals surface area (Å²) in [6.07, 6.45) is 8.05. The molecular formula is C17H20O3. The van der Waals surface area contributed by atoms with E-state index in [-0.39, 0.29) is 6.42 Å². The Morgan fingerprint density at radius 1 is 0.850 bits per heavy atom. The first kappa shape index (κ1) is 13.3. The summed E-state index contributed by atoms with van der Waals surface area (Å²) < 4.78 is 4.61. The molecule has 3 rings (SSSR count). The molecule has 1 heterocycles. The molecular weight excluding hydrogens is 252 g/mol. The zero-order valence-electron chi connectivity index (χ0n) is 11.6. The highest BCUT2D eigenvalue weighted by molar-refractivity contribution is 5.97. The van der Waals surface area contributed by atoms with Crippen molar-refractivity contribution in [3.05, 3.63) is 35.4 Å². The lowest BCUT2D eigenvalue weighted by Gasteiger charge is -2.15. The van der Waals surface area contributed by atoms with Gasteiger partial charge in [0.2, 0.25) is 0 Å². The number of benzene rings is 1. The van der Waals surface area contributed by atoms with Crippen molar-refractivity contribution in [1.29, 1.82) is 0 Å². The van der Waals surface area contributed by atoms with Crippen LogP contribution in [0.25, 0.3) is 0 Å². The Morgan fingerprint density at radius 2 is 1.45 bits per heavy atom. The number of hydrogen-bond donors (Lipinski definition) is 0. The maximum atomic E-state index is 11.6. The van der Waals surface area contributed by atoms with Crippen molar-refractivity contribution in [2.75, 3.05) is 0 Å². The topological polar surface area (TPSA) is 43.4 Å². The van der Waals surface area contributed by atoms with Crippen LogP contribution in [0.4, 0.5) is 0 Å². The van der Waals surface area contributed by atoms with Crippen LogP contribution >= 0.6 is 0 Å². The first-order valence-electron chi connectivity index (χ1n) is 7.58. The van der Waals surface area contributed by atoms with Crippen LogP contribution in [-0.2, 0) is 14.3 Å². The van der Waals surface area contributed by atoms with Gasteiger partial charge in [-0.1, -0.05) is 49.9 Å². The van der Waals surface area contributed by atoms with Crippen LogP contribution in [0.15, 0.2) is 24.3 Å². The van der Waals surface area contributed by atoms with Gasteiger partial charge in [0, 0.05) is 0 Å². The summed E-state index contributed by atoms with van der Waals surface area (Å²) in [7, 11) is 0. The van der Waals surface area contributed by atoms with Gasteiger partial charge in [0.1, 0.15) is 0 Å². The fourth-order valence-corrected chi connectivity index (χ4v) is 3.34. The van der Waals surface area contributed by atoms with E-state index < -0.39 is 17.9 Å². The second-order valence-electron chi connectivity index (χ2n) is 5.90. The number of hydrogen-bond acceptors (Lipinski definition) is 3. The molecule has 0 unspecified atom stereocenters. The summed E-state index contributed by atoms with van der Waals surface area (Å²) in [4.78, 5) is 22.7. The van der Waals surface area contributed by atoms with Crippen molar-refractivity contribution in [1.82, 2.24) is 0 Å². The molecule has 1 saturated heterocycles. The molecule has 1 aliphatic heterocycles. The Labute approximate surface area is 119 Å². The van der Waals surface area contributed by atoms with Gasteiger partial charge in [-0.3, -0.25) is 9.59 Å². The number of cyclic esters (lactones) is 2. The standard InChI is InChI=1S/C17H20O3/c18-16-11-15(17(19)20-16)14-9-7-13(8-10-14)12-5-3-1-2-4-6-12/h7-10,12,15H,1-6,11H2/t15-/m1/s1. The van der Waals surface area contributed by atoms with E-state index in [2.05, 4.69) is 16.9 Å². The number of carbonyl (C=O) groups is 2. The van der Waals surface area contributed by atoms with Gasteiger partial charge < -0.3 is 4.74 Å². The third kappa shape index (κ3) is 2.77. The molecule has 3 heteroatoms. The van der Waals surface area contributed by atoms with E-state index >= 15 is 0 Å². The summed E-state index contributed by atoms with van der Waals surface area (Å²) >= 11 is 0. The molecule has 1 saturated carbocycles. The van der Waals surface area contributed by atoms with E-state index in [9.17, 15) is 9.59 Å². The lowest BCUT2D eigenvalue weighted by atomic mass is 9.89. The van der Waals surface area contributed by atoms with E-state index in [0.717, 1.165) is 5.56 Å². The molecule has 3 nitrogen and oxygen atoms in total. The van der Waals surface area contributed by atoms with E-state index in [1.807, 2.05) is 12.1 Å². The zero-order chi connectivity index (χ0) is 13.9. The molecule has 106 valence electrons. The van der Waals surface area contributed by atoms with Crippen molar-refractivity contribution in [2.45, 2.75) is 56.8 Å². The van der Waals surface area contributed by atoms with Crippen LogP contribution in [0.5, 0.6) is 0 Å². The first-order chi connectivity index (χ1) is 9.74. The van der Waals surface area contributed by atoms with Crippen molar-refractivity contribution >= 4 is 11.9 Å². The predicted octanol–water partition coefficient (Wildman–Crippen LogP) is 3.68. The van der Waals surface area contributed by atoms with Gasteiger partial charge in [0.25, 0.3) is 0 Å². The van der Waals surface area contributed by atoms with E-state index in [0.29, 0.717) is 5.92 Å². The third-order valence-corrected chi connectivity index (χ3v) is 4.54. The molecule has 0 bridgehead atoms. The van der Waals surface area contributed by atoms with Gasteiger partial charge in [0.05, 0.1) is 12.3 Å². The number of esters is 2. The minimum Gasteiger partial charge on any atom is -0.393 e. The maximum Gasteiger partial charge on any atom is 0.321 e. The zero-order valence-corrected chi connectivity index (χ0v) is 11.6. The molecule has 1 atom stereocenters. The van der Waals surface area contributed by atoms with Gasteiger partial charge >= 0.3 is 11.9 Å². The average Bonchev–Trinajstić information content (AvgIpc) is 2.68.